The largest absolute Gasteiger partial charge is 0.434 e. The molecule has 2 amide bonds. The number of amides is 2. The maximum absolute atomic E-state index is 14.4. The topological polar surface area (TPSA) is 92.1 Å². The third-order valence-electron chi connectivity index (χ3n) is 5.94. The zero-order chi connectivity index (χ0) is 30.1. The van der Waals surface area contributed by atoms with Gasteiger partial charge in [0.2, 0.25) is 5.91 Å². The standard InChI is InChI=1S/C28H32F4N6O3/c1-5-6-8-19(20-13-18(22(30)14-29)9-10-24(20)41-28(31)32)23(16-37(4)17-25(39)36(2)3)35-27(40)21-15-34-38-12-7-11-33-26(21)38/h7-13,15-16,22,28H,5-6,14,17H2,1-4H3,(H,35,40)/b19-8+,23-16+. The van der Waals surface area contributed by atoms with Gasteiger partial charge in [-0.1, -0.05) is 25.5 Å². The van der Waals surface area contributed by atoms with Crippen molar-refractivity contribution in [3.05, 3.63) is 77.5 Å². The number of fused-ring (bicyclic) bond motifs is 1. The van der Waals surface area contributed by atoms with Crippen molar-refractivity contribution in [3.63, 3.8) is 0 Å². The molecule has 220 valence electrons. The molecule has 1 unspecified atom stereocenters. The number of hydrogen-bond acceptors (Lipinski definition) is 6. The zero-order valence-electron chi connectivity index (χ0n) is 23.2. The van der Waals surface area contributed by atoms with Crippen LogP contribution in [0.2, 0.25) is 0 Å². The molecular weight excluding hydrogens is 544 g/mol. The summed E-state index contributed by atoms with van der Waals surface area (Å²) in [6.07, 6.45) is 6.62. The van der Waals surface area contributed by atoms with Gasteiger partial charge in [-0.2, -0.15) is 13.9 Å². The van der Waals surface area contributed by atoms with Crippen LogP contribution in [0.1, 0.15) is 47.4 Å². The first-order valence-corrected chi connectivity index (χ1v) is 12.8. The van der Waals surface area contributed by atoms with Crippen molar-refractivity contribution in [1.29, 1.82) is 0 Å². The van der Waals surface area contributed by atoms with Gasteiger partial charge in [0.15, 0.2) is 11.8 Å². The van der Waals surface area contributed by atoms with Crippen LogP contribution < -0.4 is 10.1 Å². The van der Waals surface area contributed by atoms with Gasteiger partial charge in [0.05, 0.1) is 18.4 Å². The Balaban J connectivity index is 2.19. The average Bonchev–Trinajstić information content (AvgIpc) is 3.37. The zero-order valence-corrected chi connectivity index (χ0v) is 23.2. The summed E-state index contributed by atoms with van der Waals surface area (Å²) in [6.45, 7) is -2.72. The fourth-order valence-corrected chi connectivity index (χ4v) is 3.86. The van der Waals surface area contributed by atoms with E-state index in [1.807, 2.05) is 6.92 Å². The summed E-state index contributed by atoms with van der Waals surface area (Å²) in [7, 11) is 4.77. The Bertz CT molecular complexity index is 1420. The number of carbonyl (C=O) groups is 2. The van der Waals surface area contributed by atoms with Gasteiger partial charge >= 0.3 is 6.61 Å². The molecule has 1 aromatic carbocycles. The second-order valence-corrected chi connectivity index (χ2v) is 9.31. The Labute approximate surface area is 235 Å². The van der Waals surface area contributed by atoms with Crippen LogP contribution in [0, 0.1) is 0 Å². The van der Waals surface area contributed by atoms with Crippen molar-refractivity contribution in [3.8, 4) is 5.75 Å². The molecule has 0 aliphatic carbocycles. The molecule has 1 atom stereocenters. The summed E-state index contributed by atoms with van der Waals surface area (Å²) in [6, 6.07) is 5.15. The van der Waals surface area contributed by atoms with Crippen molar-refractivity contribution in [2.75, 3.05) is 34.4 Å². The highest BCUT2D eigenvalue weighted by molar-refractivity contribution is 6.02. The van der Waals surface area contributed by atoms with E-state index in [4.69, 9.17) is 4.74 Å². The Morgan fingerprint density at radius 3 is 2.59 bits per heavy atom. The smallest absolute Gasteiger partial charge is 0.387 e. The molecule has 9 nitrogen and oxygen atoms in total. The van der Waals surface area contributed by atoms with Crippen molar-refractivity contribution in [2.45, 2.75) is 32.5 Å². The molecule has 2 aromatic heterocycles. The van der Waals surface area contributed by atoms with Crippen molar-refractivity contribution >= 4 is 23.0 Å². The molecule has 0 spiro atoms. The fraction of sp³-hybridized carbons (Fsp3) is 0.357. The number of aromatic nitrogens is 3. The number of benzene rings is 1. The lowest BCUT2D eigenvalue weighted by molar-refractivity contribution is -0.129. The van der Waals surface area contributed by atoms with Crippen molar-refractivity contribution in [1.82, 2.24) is 29.7 Å². The van der Waals surface area contributed by atoms with E-state index in [9.17, 15) is 27.2 Å². The molecule has 3 aromatic rings. The molecule has 0 saturated heterocycles. The summed E-state index contributed by atoms with van der Waals surface area (Å²) < 4.78 is 60.5. The molecule has 0 aliphatic rings. The lowest BCUT2D eigenvalue weighted by Gasteiger charge is -2.22. The first kappa shape index (κ1) is 31.1. The maximum Gasteiger partial charge on any atom is 0.387 e. The van der Waals surface area contributed by atoms with Crippen LogP contribution in [0.5, 0.6) is 5.75 Å². The molecule has 0 radical (unpaired) electrons. The Kier molecular flexibility index (Phi) is 10.8. The van der Waals surface area contributed by atoms with Gasteiger partial charge in [0.25, 0.3) is 5.91 Å². The van der Waals surface area contributed by atoms with Crippen LogP contribution in [-0.2, 0) is 4.79 Å². The minimum absolute atomic E-state index is 0.00391. The first-order valence-electron chi connectivity index (χ1n) is 12.8. The molecule has 0 saturated carbocycles. The molecule has 41 heavy (non-hydrogen) atoms. The lowest BCUT2D eigenvalue weighted by atomic mass is 9.96. The van der Waals surface area contributed by atoms with Crippen molar-refractivity contribution in [2.24, 2.45) is 0 Å². The van der Waals surface area contributed by atoms with Gasteiger partial charge in [-0.25, -0.2) is 18.3 Å². The molecule has 0 aliphatic heterocycles. The maximum atomic E-state index is 14.4. The monoisotopic (exact) mass is 576 g/mol. The average molecular weight is 577 g/mol. The summed E-state index contributed by atoms with van der Waals surface area (Å²) in [5, 5.41) is 6.90. The van der Waals surface area contributed by atoms with E-state index in [1.54, 1.807) is 39.5 Å². The molecule has 1 N–H and O–H groups in total. The third-order valence-corrected chi connectivity index (χ3v) is 5.94. The fourth-order valence-electron chi connectivity index (χ4n) is 3.86. The summed E-state index contributed by atoms with van der Waals surface area (Å²) in [5.41, 5.74) is 0.602. The van der Waals surface area contributed by atoms with Crippen LogP contribution in [0.3, 0.4) is 0 Å². The predicted molar refractivity (Wildman–Crippen MR) is 146 cm³/mol. The molecule has 0 bridgehead atoms. The van der Waals surface area contributed by atoms with Crippen molar-refractivity contribution < 1.29 is 31.9 Å². The number of halogens is 4. The number of rotatable bonds is 13. The van der Waals surface area contributed by atoms with E-state index in [0.717, 1.165) is 12.1 Å². The molecule has 13 heteroatoms. The first-order chi connectivity index (χ1) is 19.5. The Hall–Kier alpha value is -4.42. The van der Waals surface area contributed by atoms with Gasteiger partial charge in [-0.3, -0.25) is 9.59 Å². The quantitative estimate of drug-likeness (QED) is 0.233. The van der Waals surface area contributed by atoms with E-state index >= 15 is 0 Å². The number of hydrogen-bond donors (Lipinski definition) is 1. The number of nitrogens with zero attached hydrogens (tertiary/aromatic N) is 5. The van der Waals surface area contributed by atoms with E-state index in [1.165, 1.54) is 39.0 Å². The summed E-state index contributed by atoms with van der Waals surface area (Å²) >= 11 is 0. The van der Waals surface area contributed by atoms with E-state index in [0.29, 0.717) is 12.8 Å². The van der Waals surface area contributed by atoms with E-state index < -0.39 is 25.4 Å². The summed E-state index contributed by atoms with van der Waals surface area (Å²) in [4.78, 5) is 33.0. The summed E-state index contributed by atoms with van der Waals surface area (Å²) in [5.74, 6) is -1.17. The molecular formula is C28H32F4N6O3. The van der Waals surface area contributed by atoms with Crippen LogP contribution in [-0.4, -0.2) is 77.2 Å². The molecule has 3 rings (SSSR count). The van der Waals surface area contributed by atoms with Gasteiger partial charge in [0, 0.05) is 50.9 Å². The highest BCUT2D eigenvalue weighted by Crippen LogP contribution is 2.35. The minimum atomic E-state index is -3.21. The van der Waals surface area contributed by atoms with Gasteiger partial charge in [-0.15, -0.1) is 0 Å². The second-order valence-electron chi connectivity index (χ2n) is 9.31. The number of ether oxygens (including phenoxy) is 1. The number of alkyl halides is 4. The van der Waals surface area contributed by atoms with Crippen LogP contribution >= 0.6 is 0 Å². The van der Waals surface area contributed by atoms with E-state index in [2.05, 4.69) is 15.4 Å². The number of carbonyl (C=O) groups excluding carboxylic acids is 2. The predicted octanol–water partition coefficient (Wildman–Crippen LogP) is 4.79. The highest BCUT2D eigenvalue weighted by Gasteiger charge is 2.23. The number of unbranched alkanes of at least 4 members (excludes halogenated alkanes) is 1. The normalized spacial score (nSPS) is 12.9. The van der Waals surface area contributed by atoms with Gasteiger partial charge < -0.3 is 19.9 Å². The van der Waals surface area contributed by atoms with E-state index in [-0.39, 0.29) is 51.8 Å². The molecule has 0 fully saturated rings. The van der Waals surface area contributed by atoms with Gasteiger partial charge in [0.1, 0.15) is 18.0 Å². The minimum Gasteiger partial charge on any atom is -0.434 e. The SMILES string of the molecule is CCC/C=C(/C(=C\N(C)CC(=O)N(C)C)NC(=O)c1cnn2cccnc12)c1cc(C(F)CF)ccc1OC(F)F. The number of likely N-dealkylation sites (N-methyl/N-ethyl adjacent to an activating group) is 2. The lowest BCUT2D eigenvalue weighted by Crippen LogP contribution is -2.33. The Morgan fingerprint density at radius 2 is 1.93 bits per heavy atom. The third kappa shape index (κ3) is 8.05. The van der Waals surface area contributed by atoms with Crippen LogP contribution in [0.25, 0.3) is 11.2 Å². The second kappa shape index (κ2) is 14.3. The highest BCUT2D eigenvalue weighted by atomic mass is 19.3. The van der Waals surface area contributed by atoms with Crippen LogP contribution in [0.4, 0.5) is 17.6 Å². The number of allylic oxidation sites excluding steroid dienone is 2. The van der Waals surface area contributed by atoms with Crippen LogP contribution in [0.15, 0.2) is 60.8 Å². The Morgan fingerprint density at radius 1 is 1.17 bits per heavy atom. The van der Waals surface area contributed by atoms with Gasteiger partial charge in [-0.05, 0) is 30.2 Å². The number of nitrogens with one attached hydrogen (secondary N) is 1. The molecule has 2 heterocycles.